The van der Waals surface area contributed by atoms with Crippen molar-refractivity contribution in [1.82, 2.24) is 15.2 Å². The van der Waals surface area contributed by atoms with E-state index in [2.05, 4.69) is 15.6 Å². The number of ether oxygens (including phenoxy) is 1. The van der Waals surface area contributed by atoms with Gasteiger partial charge in [-0.3, -0.25) is 9.78 Å². The lowest BCUT2D eigenvalue weighted by Crippen LogP contribution is -2.32. The third-order valence-corrected chi connectivity index (χ3v) is 3.38. The Balaban J connectivity index is 1.80. The van der Waals surface area contributed by atoms with E-state index in [1.807, 2.05) is 31.2 Å². The van der Waals surface area contributed by atoms with Crippen LogP contribution in [0.1, 0.15) is 16.1 Å². The van der Waals surface area contributed by atoms with Gasteiger partial charge in [-0.25, -0.2) is 4.79 Å². The minimum Gasteiger partial charge on any atom is -0.491 e. The van der Waals surface area contributed by atoms with Crippen molar-refractivity contribution < 1.29 is 14.3 Å². The highest BCUT2D eigenvalue weighted by Crippen LogP contribution is 2.15. The number of urea groups is 1. The van der Waals surface area contributed by atoms with E-state index in [9.17, 15) is 9.59 Å². The molecule has 2 aromatic rings. The van der Waals surface area contributed by atoms with Gasteiger partial charge in [-0.05, 0) is 30.7 Å². The smallest absolute Gasteiger partial charge is 0.319 e. The fourth-order valence-corrected chi connectivity index (χ4v) is 2.07. The topological polar surface area (TPSA) is 83.6 Å². The summed E-state index contributed by atoms with van der Waals surface area (Å²) in [7, 11) is 3.29. The van der Waals surface area contributed by atoms with Gasteiger partial charge >= 0.3 is 6.03 Å². The molecule has 0 spiro atoms. The summed E-state index contributed by atoms with van der Waals surface area (Å²) in [5, 5.41) is 5.37. The van der Waals surface area contributed by atoms with Gasteiger partial charge in [-0.15, -0.1) is 0 Å². The zero-order valence-electron chi connectivity index (χ0n) is 14.6. The van der Waals surface area contributed by atoms with Crippen molar-refractivity contribution in [2.75, 3.05) is 32.6 Å². The molecule has 7 nitrogen and oxygen atoms in total. The summed E-state index contributed by atoms with van der Waals surface area (Å²) in [4.78, 5) is 29.2. The van der Waals surface area contributed by atoms with Crippen LogP contribution in [0.2, 0.25) is 0 Å². The van der Waals surface area contributed by atoms with E-state index in [0.717, 1.165) is 11.3 Å². The molecule has 132 valence electrons. The maximum absolute atomic E-state index is 11.9. The molecule has 1 heterocycles. The highest BCUT2D eigenvalue weighted by molar-refractivity contribution is 5.95. The number of nitrogens with zero attached hydrogens (tertiary/aromatic N) is 2. The van der Waals surface area contributed by atoms with Gasteiger partial charge in [0.2, 0.25) is 0 Å². The van der Waals surface area contributed by atoms with Crippen LogP contribution >= 0.6 is 0 Å². The first-order valence-corrected chi connectivity index (χ1v) is 7.88. The summed E-state index contributed by atoms with van der Waals surface area (Å²) in [5.41, 5.74) is 1.81. The van der Waals surface area contributed by atoms with Crippen LogP contribution in [0.4, 0.5) is 10.5 Å². The largest absolute Gasteiger partial charge is 0.491 e. The molecule has 25 heavy (non-hydrogen) atoms. The third kappa shape index (κ3) is 5.49. The predicted octanol–water partition coefficient (Wildman–Crippen LogP) is 2.29. The first-order chi connectivity index (χ1) is 12.0. The van der Waals surface area contributed by atoms with Gasteiger partial charge in [0, 0.05) is 26.0 Å². The molecule has 0 radical (unpaired) electrons. The van der Waals surface area contributed by atoms with Gasteiger partial charge < -0.3 is 20.3 Å². The number of anilines is 1. The van der Waals surface area contributed by atoms with E-state index >= 15 is 0 Å². The Hall–Kier alpha value is -3.09. The van der Waals surface area contributed by atoms with Gasteiger partial charge in [0.05, 0.1) is 6.54 Å². The Bertz CT molecular complexity index is 747. The number of aromatic nitrogens is 1. The molecule has 1 aromatic carbocycles. The summed E-state index contributed by atoms with van der Waals surface area (Å²) in [5.74, 6) is 0.571. The Labute approximate surface area is 147 Å². The molecular weight excluding hydrogens is 320 g/mol. The number of amides is 3. The number of pyridine rings is 1. The van der Waals surface area contributed by atoms with Crippen molar-refractivity contribution in [3.05, 3.63) is 53.9 Å². The number of benzene rings is 1. The van der Waals surface area contributed by atoms with Crippen molar-refractivity contribution >= 4 is 17.6 Å². The highest BCUT2D eigenvalue weighted by Gasteiger charge is 2.11. The standard InChI is InChI=1S/C18H22N4O3/c1-13-6-4-5-7-16(13)25-11-10-20-18(24)21-14-8-9-19-15(12-14)17(23)22(2)3/h4-9,12H,10-11H2,1-3H3,(H2,19,20,21,24). The number of aryl methyl sites for hydroxylation is 1. The molecule has 0 bridgehead atoms. The molecule has 3 amide bonds. The third-order valence-electron chi connectivity index (χ3n) is 3.38. The summed E-state index contributed by atoms with van der Waals surface area (Å²) in [6.07, 6.45) is 1.48. The maximum Gasteiger partial charge on any atom is 0.319 e. The average Bonchev–Trinajstić information content (AvgIpc) is 2.59. The van der Waals surface area contributed by atoms with Gasteiger partial charge in [-0.1, -0.05) is 18.2 Å². The fourth-order valence-electron chi connectivity index (χ4n) is 2.07. The normalized spacial score (nSPS) is 10.0. The van der Waals surface area contributed by atoms with Crippen LogP contribution in [0.5, 0.6) is 5.75 Å². The summed E-state index contributed by atoms with van der Waals surface area (Å²) >= 11 is 0. The van der Waals surface area contributed by atoms with Crippen LogP contribution in [0.3, 0.4) is 0 Å². The molecule has 0 saturated carbocycles. The van der Waals surface area contributed by atoms with Crippen LogP contribution in [0, 0.1) is 6.92 Å². The molecule has 1 aromatic heterocycles. The lowest BCUT2D eigenvalue weighted by molar-refractivity contribution is 0.0822. The summed E-state index contributed by atoms with van der Waals surface area (Å²) in [6.45, 7) is 2.68. The van der Waals surface area contributed by atoms with Crippen molar-refractivity contribution in [3.8, 4) is 5.75 Å². The van der Waals surface area contributed by atoms with Crippen molar-refractivity contribution in [2.45, 2.75) is 6.92 Å². The molecule has 7 heteroatoms. The Kier molecular flexibility index (Phi) is 6.33. The van der Waals surface area contributed by atoms with Gasteiger partial charge in [0.15, 0.2) is 0 Å². The van der Waals surface area contributed by atoms with E-state index in [1.165, 1.54) is 17.2 Å². The molecule has 0 atom stereocenters. The molecule has 0 saturated heterocycles. The Morgan fingerprint density at radius 1 is 1.20 bits per heavy atom. The zero-order valence-corrected chi connectivity index (χ0v) is 14.6. The van der Waals surface area contributed by atoms with Gasteiger partial charge in [0.1, 0.15) is 18.1 Å². The summed E-state index contributed by atoms with van der Waals surface area (Å²) < 4.78 is 5.61. The lowest BCUT2D eigenvalue weighted by atomic mass is 10.2. The lowest BCUT2D eigenvalue weighted by Gasteiger charge is -2.12. The van der Waals surface area contributed by atoms with E-state index < -0.39 is 0 Å². The van der Waals surface area contributed by atoms with Crippen LogP contribution < -0.4 is 15.4 Å². The molecule has 0 aliphatic rings. The molecular formula is C18H22N4O3. The van der Waals surface area contributed by atoms with Gasteiger partial charge in [0.25, 0.3) is 5.91 Å². The molecule has 0 aliphatic carbocycles. The first-order valence-electron chi connectivity index (χ1n) is 7.88. The van der Waals surface area contributed by atoms with Crippen molar-refractivity contribution in [3.63, 3.8) is 0 Å². The number of hydrogen-bond acceptors (Lipinski definition) is 4. The highest BCUT2D eigenvalue weighted by atomic mass is 16.5. The zero-order chi connectivity index (χ0) is 18.2. The van der Waals surface area contributed by atoms with Gasteiger partial charge in [-0.2, -0.15) is 0 Å². The maximum atomic E-state index is 11.9. The Morgan fingerprint density at radius 3 is 2.68 bits per heavy atom. The number of hydrogen-bond donors (Lipinski definition) is 2. The van der Waals surface area contributed by atoms with Crippen LogP contribution in [0.15, 0.2) is 42.6 Å². The molecule has 0 unspecified atom stereocenters. The molecule has 0 aliphatic heterocycles. The Morgan fingerprint density at radius 2 is 1.96 bits per heavy atom. The van der Waals surface area contributed by atoms with Crippen LogP contribution in [-0.2, 0) is 0 Å². The predicted molar refractivity (Wildman–Crippen MR) is 95.9 cm³/mol. The van der Waals surface area contributed by atoms with E-state index in [1.54, 1.807) is 20.2 Å². The quantitative estimate of drug-likeness (QED) is 0.789. The van der Waals surface area contributed by atoms with Crippen LogP contribution in [0.25, 0.3) is 0 Å². The molecule has 2 rings (SSSR count). The average molecular weight is 342 g/mol. The van der Waals surface area contributed by atoms with Crippen molar-refractivity contribution in [1.29, 1.82) is 0 Å². The second-order valence-electron chi connectivity index (χ2n) is 5.62. The second kappa shape index (κ2) is 8.68. The SMILES string of the molecule is Cc1ccccc1OCCNC(=O)Nc1ccnc(C(=O)N(C)C)c1. The number of nitrogens with one attached hydrogen (secondary N) is 2. The second-order valence-corrected chi connectivity index (χ2v) is 5.62. The van der Waals surface area contributed by atoms with E-state index in [4.69, 9.17) is 4.74 Å². The molecule has 0 fully saturated rings. The molecule has 2 N–H and O–H groups in total. The van der Waals surface area contributed by atoms with Crippen molar-refractivity contribution in [2.24, 2.45) is 0 Å². The number of carbonyl (C=O) groups excluding carboxylic acids is 2. The first kappa shape index (κ1) is 18.3. The van der Waals surface area contributed by atoms with E-state index in [-0.39, 0.29) is 17.6 Å². The fraction of sp³-hybridized carbons (Fsp3) is 0.278. The minimum atomic E-state index is -0.372. The summed E-state index contributed by atoms with van der Waals surface area (Å²) in [6, 6.07) is 10.5. The number of carbonyl (C=O) groups is 2. The van der Waals surface area contributed by atoms with E-state index in [0.29, 0.717) is 18.8 Å². The monoisotopic (exact) mass is 342 g/mol. The number of rotatable bonds is 6. The minimum absolute atomic E-state index is 0.226. The number of para-hydroxylation sites is 1. The van der Waals surface area contributed by atoms with Crippen LogP contribution in [-0.4, -0.2) is 49.1 Å².